The molecule has 1 aromatic carbocycles. The van der Waals surface area contributed by atoms with Crippen LogP contribution in [0.1, 0.15) is 21.4 Å². The number of rotatable bonds is 3. The van der Waals surface area contributed by atoms with Gasteiger partial charge in [-0.05, 0) is 30.5 Å². The van der Waals surface area contributed by atoms with Gasteiger partial charge in [-0.2, -0.15) is 0 Å². The van der Waals surface area contributed by atoms with E-state index in [9.17, 15) is 0 Å². The van der Waals surface area contributed by atoms with Crippen molar-refractivity contribution in [3.05, 3.63) is 56.7 Å². The van der Waals surface area contributed by atoms with Gasteiger partial charge < -0.3 is 0 Å². The Morgan fingerprint density at radius 3 is 2.50 bits per heavy atom. The molecular formula is C13H12Cl2S. The summed E-state index contributed by atoms with van der Waals surface area (Å²) in [5, 5.41) is 0.0126. The number of halogens is 2. The third kappa shape index (κ3) is 2.79. The summed E-state index contributed by atoms with van der Waals surface area (Å²) in [7, 11) is 0. The quantitative estimate of drug-likeness (QED) is 0.670. The molecule has 0 nitrogen and oxygen atoms in total. The molecule has 0 saturated carbocycles. The normalized spacial score (nSPS) is 12.7. The van der Waals surface area contributed by atoms with Crippen molar-refractivity contribution in [1.29, 1.82) is 0 Å². The van der Waals surface area contributed by atoms with Crippen molar-refractivity contribution in [2.24, 2.45) is 0 Å². The van der Waals surface area contributed by atoms with Crippen LogP contribution in [0.4, 0.5) is 0 Å². The van der Waals surface area contributed by atoms with E-state index in [1.54, 1.807) is 11.3 Å². The van der Waals surface area contributed by atoms with Gasteiger partial charge in [0.15, 0.2) is 0 Å². The van der Waals surface area contributed by atoms with E-state index in [0.29, 0.717) is 0 Å². The average Bonchev–Trinajstić information content (AvgIpc) is 2.61. The Kier molecular flexibility index (Phi) is 3.91. The second kappa shape index (κ2) is 5.22. The van der Waals surface area contributed by atoms with Crippen molar-refractivity contribution in [2.75, 3.05) is 0 Å². The average molecular weight is 271 g/mol. The third-order valence-corrected chi connectivity index (χ3v) is 4.63. The summed E-state index contributed by atoms with van der Waals surface area (Å²) in [5.74, 6) is 0. The van der Waals surface area contributed by atoms with Crippen molar-refractivity contribution < 1.29 is 0 Å². The van der Waals surface area contributed by atoms with E-state index in [4.69, 9.17) is 23.2 Å². The Balaban J connectivity index is 2.11. The van der Waals surface area contributed by atoms with Gasteiger partial charge in [-0.25, -0.2) is 0 Å². The lowest BCUT2D eigenvalue weighted by Crippen LogP contribution is -1.92. The van der Waals surface area contributed by atoms with Crippen LogP contribution >= 0.6 is 34.5 Å². The molecule has 0 spiro atoms. The lowest BCUT2D eigenvalue weighted by atomic mass is 10.1. The first-order valence-electron chi connectivity index (χ1n) is 5.10. The molecule has 0 radical (unpaired) electrons. The highest BCUT2D eigenvalue weighted by atomic mass is 35.5. The van der Waals surface area contributed by atoms with Crippen molar-refractivity contribution in [1.82, 2.24) is 0 Å². The zero-order valence-corrected chi connectivity index (χ0v) is 11.2. The van der Waals surface area contributed by atoms with Crippen LogP contribution in [0.3, 0.4) is 0 Å². The first kappa shape index (κ1) is 12.0. The van der Waals surface area contributed by atoms with Gasteiger partial charge in [0, 0.05) is 4.88 Å². The lowest BCUT2D eigenvalue weighted by Gasteiger charge is -2.06. The van der Waals surface area contributed by atoms with Crippen LogP contribution in [0.15, 0.2) is 36.4 Å². The fourth-order valence-corrected chi connectivity index (χ4v) is 3.13. The minimum atomic E-state index is 0.0126. The summed E-state index contributed by atoms with van der Waals surface area (Å²) in [6.45, 7) is 2.01. The lowest BCUT2D eigenvalue weighted by molar-refractivity contribution is 0.939. The molecule has 0 aliphatic rings. The van der Waals surface area contributed by atoms with Gasteiger partial charge >= 0.3 is 0 Å². The maximum Gasteiger partial charge on any atom is 0.0960 e. The summed E-state index contributed by atoms with van der Waals surface area (Å²) in [6, 6.07) is 12.3. The highest BCUT2D eigenvalue weighted by Crippen LogP contribution is 2.35. The van der Waals surface area contributed by atoms with Crippen molar-refractivity contribution >= 4 is 34.5 Å². The van der Waals surface area contributed by atoms with Gasteiger partial charge in [0.1, 0.15) is 0 Å². The molecule has 0 fully saturated rings. The number of hydrogen-bond acceptors (Lipinski definition) is 1. The Morgan fingerprint density at radius 1 is 1.25 bits per heavy atom. The molecule has 1 aromatic heterocycles. The Labute approximate surface area is 110 Å². The largest absolute Gasteiger partial charge is 0.127 e. The van der Waals surface area contributed by atoms with E-state index in [1.807, 2.05) is 25.1 Å². The molecule has 0 amide bonds. The monoisotopic (exact) mass is 270 g/mol. The molecule has 0 bridgehead atoms. The summed E-state index contributed by atoms with van der Waals surface area (Å²) < 4.78 is 0.841. The molecule has 0 aliphatic carbocycles. The first-order chi connectivity index (χ1) is 7.66. The van der Waals surface area contributed by atoms with Gasteiger partial charge in [0.05, 0.1) is 9.71 Å². The fourth-order valence-electron chi connectivity index (χ4n) is 1.56. The second-order valence-corrected chi connectivity index (χ2v) is 5.98. The van der Waals surface area contributed by atoms with E-state index < -0.39 is 0 Å². The molecule has 1 unspecified atom stereocenters. The van der Waals surface area contributed by atoms with Crippen LogP contribution in [0.25, 0.3) is 0 Å². The van der Waals surface area contributed by atoms with Gasteiger partial charge in [-0.1, -0.05) is 41.9 Å². The van der Waals surface area contributed by atoms with Gasteiger partial charge in [-0.15, -0.1) is 22.9 Å². The highest BCUT2D eigenvalue weighted by Gasteiger charge is 2.13. The standard InChI is InChI=1S/C13H12Cl2S/c1-9-7-12(16-13(9)15)11(14)8-10-5-3-2-4-6-10/h2-7,11H,8H2,1H3. The van der Waals surface area contributed by atoms with Gasteiger partial charge in [0.25, 0.3) is 0 Å². The minimum absolute atomic E-state index is 0.0126. The summed E-state index contributed by atoms with van der Waals surface area (Å²) in [5.41, 5.74) is 2.37. The maximum absolute atomic E-state index is 6.38. The predicted molar refractivity (Wildman–Crippen MR) is 72.8 cm³/mol. The molecule has 16 heavy (non-hydrogen) atoms. The molecular weight excluding hydrogens is 259 g/mol. The Hall–Kier alpha value is -0.500. The number of alkyl halides is 1. The van der Waals surface area contributed by atoms with Crippen molar-refractivity contribution in [3.8, 4) is 0 Å². The first-order valence-corrected chi connectivity index (χ1v) is 6.73. The second-order valence-electron chi connectivity index (χ2n) is 3.76. The zero-order chi connectivity index (χ0) is 11.5. The summed E-state index contributed by atoms with van der Waals surface area (Å²) in [6.07, 6.45) is 0.846. The van der Waals surface area contributed by atoms with E-state index >= 15 is 0 Å². The van der Waals surface area contributed by atoms with Gasteiger partial charge in [-0.3, -0.25) is 0 Å². The van der Waals surface area contributed by atoms with E-state index in [0.717, 1.165) is 21.2 Å². The van der Waals surface area contributed by atoms with Crippen LogP contribution in [0.5, 0.6) is 0 Å². The predicted octanol–water partition coefficient (Wildman–Crippen LogP) is 5.23. The van der Waals surface area contributed by atoms with E-state index in [2.05, 4.69) is 18.2 Å². The Morgan fingerprint density at radius 2 is 1.94 bits per heavy atom. The SMILES string of the molecule is Cc1cc(C(Cl)Cc2ccccc2)sc1Cl. The van der Waals surface area contributed by atoms with E-state index in [-0.39, 0.29) is 5.38 Å². The van der Waals surface area contributed by atoms with Crippen molar-refractivity contribution in [2.45, 2.75) is 18.7 Å². The van der Waals surface area contributed by atoms with E-state index in [1.165, 1.54) is 5.56 Å². The molecule has 2 rings (SSSR count). The van der Waals surface area contributed by atoms with Crippen LogP contribution in [0.2, 0.25) is 4.34 Å². The molecule has 3 heteroatoms. The molecule has 1 heterocycles. The molecule has 2 aromatic rings. The number of thiophene rings is 1. The van der Waals surface area contributed by atoms with Gasteiger partial charge in [0.2, 0.25) is 0 Å². The molecule has 0 saturated heterocycles. The highest BCUT2D eigenvalue weighted by molar-refractivity contribution is 7.16. The number of hydrogen-bond donors (Lipinski definition) is 0. The van der Waals surface area contributed by atoms with Crippen LogP contribution in [0, 0.1) is 6.92 Å². The Bertz CT molecular complexity index is 443. The zero-order valence-electron chi connectivity index (χ0n) is 8.91. The van der Waals surface area contributed by atoms with Crippen molar-refractivity contribution in [3.63, 3.8) is 0 Å². The topological polar surface area (TPSA) is 0 Å². The molecule has 0 N–H and O–H groups in total. The minimum Gasteiger partial charge on any atom is -0.127 e. The molecule has 0 aliphatic heterocycles. The molecule has 84 valence electrons. The summed E-state index contributed by atoms with van der Waals surface area (Å²) in [4.78, 5) is 1.15. The summed E-state index contributed by atoms with van der Waals surface area (Å²) >= 11 is 14.0. The third-order valence-electron chi connectivity index (χ3n) is 2.44. The van der Waals surface area contributed by atoms with Crippen LogP contribution < -0.4 is 0 Å². The maximum atomic E-state index is 6.38. The smallest absolute Gasteiger partial charge is 0.0960 e. The number of aryl methyl sites for hydroxylation is 1. The number of benzene rings is 1. The fraction of sp³-hybridized carbons (Fsp3) is 0.231. The molecule has 1 atom stereocenters. The van der Waals surface area contributed by atoms with Crippen LogP contribution in [-0.2, 0) is 6.42 Å². The van der Waals surface area contributed by atoms with Crippen LogP contribution in [-0.4, -0.2) is 0 Å².